The van der Waals surface area contributed by atoms with Crippen LogP contribution in [0, 0.1) is 0 Å². The highest BCUT2D eigenvalue weighted by molar-refractivity contribution is 5.72. The number of nitrogens with one attached hydrogen (secondary N) is 1. The van der Waals surface area contributed by atoms with Crippen LogP contribution < -0.4 is 10.3 Å². The molecule has 0 unspecified atom stereocenters. The third-order valence-electron chi connectivity index (χ3n) is 3.34. The van der Waals surface area contributed by atoms with E-state index in [-0.39, 0.29) is 6.54 Å². The monoisotopic (exact) mass is 292 g/mol. The van der Waals surface area contributed by atoms with Crippen LogP contribution in [-0.4, -0.2) is 4.98 Å². The summed E-state index contributed by atoms with van der Waals surface area (Å²) in [5.41, 5.74) is 7.51. The molecule has 0 amide bonds. The number of nitrogens with two attached hydrogens (primary N) is 1. The van der Waals surface area contributed by atoms with E-state index in [4.69, 9.17) is 5.73 Å². The molecule has 6 heteroatoms. The van der Waals surface area contributed by atoms with E-state index in [1.807, 2.05) is 24.3 Å². The second-order valence-electron chi connectivity index (χ2n) is 4.81. The van der Waals surface area contributed by atoms with Crippen molar-refractivity contribution in [3.8, 4) is 0 Å². The second-order valence-corrected chi connectivity index (χ2v) is 4.81. The molecule has 0 saturated carbocycles. The van der Waals surface area contributed by atoms with Crippen LogP contribution in [-0.2, 0) is 12.7 Å². The van der Waals surface area contributed by atoms with Gasteiger partial charge in [0.15, 0.2) is 0 Å². The van der Waals surface area contributed by atoms with Crippen LogP contribution in [0.2, 0.25) is 0 Å². The first kappa shape index (κ1) is 13.5. The zero-order valence-electron chi connectivity index (χ0n) is 11.0. The summed E-state index contributed by atoms with van der Waals surface area (Å²) in [4.78, 5) is 3.01. The van der Waals surface area contributed by atoms with Gasteiger partial charge in [0.05, 0.1) is 12.1 Å². The zero-order valence-corrected chi connectivity index (χ0v) is 11.0. The Hall–Kier alpha value is -2.50. The molecular weight excluding hydrogens is 279 g/mol. The number of nitrogen functional groups attached to an aromatic ring is 1. The predicted molar refractivity (Wildman–Crippen MR) is 73.5 cm³/mol. The summed E-state index contributed by atoms with van der Waals surface area (Å²) < 4.78 is 40.0. The maximum Gasteiger partial charge on any atom is 0.416 e. The highest BCUT2D eigenvalue weighted by Gasteiger charge is 2.30. The van der Waals surface area contributed by atoms with E-state index in [0.29, 0.717) is 11.5 Å². The molecule has 0 fully saturated rings. The Morgan fingerprint density at radius 3 is 2.57 bits per heavy atom. The average molecular weight is 292 g/mol. The van der Waals surface area contributed by atoms with Crippen molar-refractivity contribution < 1.29 is 17.7 Å². The van der Waals surface area contributed by atoms with E-state index < -0.39 is 11.7 Å². The van der Waals surface area contributed by atoms with E-state index in [2.05, 4.69) is 4.98 Å². The van der Waals surface area contributed by atoms with Crippen molar-refractivity contribution in [3.05, 3.63) is 59.7 Å². The Bertz CT molecular complexity index is 790. The van der Waals surface area contributed by atoms with Crippen molar-refractivity contribution in [2.75, 3.05) is 5.73 Å². The number of H-pyrrole nitrogens is 1. The molecule has 21 heavy (non-hydrogen) atoms. The van der Waals surface area contributed by atoms with Gasteiger partial charge in [-0.05, 0) is 29.8 Å². The number of benzene rings is 2. The van der Waals surface area contributed by atoms with E-state index in [1.165, 1.54) is 6.07 Å². The smallest absolute Gasteiger partial charge is 0.290 e. The molecule has 3 aromatic rings. The predicted octanol–water partition coefficient (Wildman–Crippen LogP) is 3.10. The van der Waals surface area contributed by atoms with Crippen LogP contribution in [0.25, 0.3) is 11.0 Å². The lowest BCUT2D eigenvalue weighted by Gasteiger charge is -2.08. The number of halogens is 3. The molecule has 0 saturated heterocycles. The molecule has 108 valence electrons. The van der Waals surface area contributed by atoms with Crippen molar-refractivity contribution in [1.82, 2.24) is 4.98 Å². The minimum absolute atomic E-state index is 0.278. The summed E-state index contributed by atoms with van der Waals surface area (Å²) in [5.74, 6) is 0.411. The molecular formula is C15H13F3N3+. The summed E-state index contributed by atoms with van der Waals surface area (Å²) in [7, 11) is 0. The van der Waals surface area contributed by atoms with Gasteiger partial charge in [0.2, 0.25) is 0 Å². The Morgan fingerprint density at radius 1 is 1.05 bits per heavy atom. The summed E-state index contributed by atoms with van der Waals surface area (Å²) in [6.07, 6.45) is -4.34. The van der Waals surface area contributed by atoms with Gasteiger partial charge in [-0.3, -0.25) is 5.73 Å². The van der Waals surface area contributed by atoms with Crippen molar-refractivity contribution in [2.24, 2.45) is 0 Å². The largest absolute Gasteiger partial charge is 0.416 e. The molecule has 0 aliphatic carbocycles. The van der Waals surface area contributed by atoms with Crippen molar-refractivity contribution in [3.63, 3.8) is 0 Å². The molecule has 1 heterocycles. The molecule has 0 radical (unpaired) electrons. The van der Waals surface area contributed by atoms with E-state index in [0.717, 1.165) is 23.2 Å². The van der Waals surface area contributed by atoms with Crippen LogP contribution in [0.15, 0.2) is 48.5 Å². The van der Waals surface area contributed by atoms with E-state index >= 15 is 0 Å². The zero-order chi connectivity index (χ0) is 15.0. The maximum absolute atomic E-state index is 12.7. The summed E-state index contributed by atoms with van der Waals surface area (Å²) in [5, 5.41) is 0. The van der Waals surface area contributed by atoms with Gasteiger partial charge in [-0.1, -0.05) is 24.3 Å². The van der Waals surface area contributed by atoms with E-state index in [1.54, 1.807) is 10.6 Å². The topological polar surface area (TPSA) is 45.7 Å². The van der Waals surface area contributed by atoms with Crippen molar-refractivity contribution >= 4 is 17.0 Å². The second kappa shape index (κ2) is 4.80. The number of aromatic nitrogens is 2. The number of alkyl halides is 3. The molecule has 3 rings (SSSR count). The number of fused-ring (bicyclic) bond motifs is 1. The fourth-order valence-corrected chi connectivity index (χ4v) is 2.35. The average Bonchev–Trinajstić information content (AvgIpc) is 2.75. The minimum atomic E-state index is -4.34. The number of aromatic amines is 1. The van der Waals surface area contributed by atoms with Crippen LogP contribution in [0.3, 0.4) is 0 Å². The first-order chi connectivity index (χ1) is 9.95. The highest BCUT2D eigenvalue weighted by atomic mass is 19.4. The first-order valence-corrected chi connectivity index (χ1v) is 6.37. The number of rotatable bonds is 2. The molecule has 2 aromatic carbocycles. The van der Waals surface area contributed by atoms with Gasteiger partial charge in [0.25, 0.3) is 0 Å². The highest BCUT2D eigenvalue weighted by Crippen LogP contribution is 2.29. The standard InChI is InChI=1S/C15H12F3N3/c16-15(17,18)11-5-3-4-10(8-11)9-21-13-7-2-1-6-12(13)20-14(21)19/h1-8H,9H2,(H2,19,20)/p+1. The number of hydrogen-bond acceptors (Lipinski definition) is 1. The van der Waals surface area contributed by atoms with Gasteiger partial charge in [-0.2, -0.15) is 13.2 Å². The molecule has 0 bridgehead atoms. The molecule has 0 atom stereocenters. The maximum atomic E-state index is 12.7. The summed E-state index contributed by atoms with van der Waals surface area (Å²) in [6.45, 7) is 0.278. The van der Waals surface area contributed by atoms with Crippen molar-refractivity contribution in [1.29, 1.82) is 0 Å². The summed E-state index contributed by atoms with van der Waals surface area (Å²) in [6, 6.07) is 12.7. The van der Waals surface area contributed by atoms with Crippen molar-refractivity contribution in [2.45, 2.75) is 12.7 Å². The SMILES string of the molecule is Nc1[nH]c2ccccc2[n+]1Cc1cccc(C(F)(F)F)c1. The lowest BCUT2D eigenvalue weighted by Crippen LogP contribution is -2.36. The lowest BCUT2D eigenvalue weighted by atomic mass is 10.1. The van der Waals surface area contributed by atoms with Crippen LogP contribution in [0.4, 0.5) is 19.1 Å². The lowest BCUT2D eigenvalue weighted by molar-refractivity contribution is -0.647. The number of imidazole rings is 1. The molecule has 1 aromatic heterocycles. The minimum Gasteiger partial charge on any atom is -0.290 e. The third-order valence-corrected chi connectivity index (χ3v) is 3.34. The van der Waals surface area contributed by atoms with Gasteiger partial charge >= 0.3 is 12.1 Å². The van der Waals surface area contributed by atoms with Gasteiger partial charge in [-0.25, -0.2) is 9.55 Å². The summed E-state index contributed by atoms with van der Waals surface area (Å²) >= 11 is 0. The Kier molecular flexibility index (Phi) is 3.08. The molecule has 3 nitrogen and oxygen atoms in total. The number of anilines is 1. The van der Waals surface area contributed by atoms with Gasteiger partial charge < -0.3 is 0 Å². The Balaban J connectivity index is 2.01. The Morgan fingerprint density at radius 2 is 1.81 bits per heavy atom. The van der Waals surface area contributed by atoms with Gasteiger partial charge in [0, 0.05) is 0 Å². The van der Waals surface area contributed by atoms with Crippen LogP contribution in [0.5, 0.6) is 0 Å². The third kappa shape index (κ3) is 2.56. The molecule has 0 aliphatic rings. The van der Waals surface area contributed by atoms with Crippen LogP contribution in [0.1, 0.15) is 11.1 Å². The first-order valence-electron chi connectivity index (χ1n) is 6.37. The number of para-hydroxylation sites is 2. The molecule has 3 N–H and O–H groups in total. The number of nitrogens with zero attached hydrogens (tertiary/aromatic N) is 1. The van der Waals surface area contributed by atoms with E-state index in [9.17, 15) is 13.2 Å². The Labute approximate surface area is 118 Å². The van der Waals surface area contributed by atoms with Crippen LogP contribution >= 0.6 is 0 Å². The fourth-order valence-electron chi connectivity index (χ4n) is 2.35. The van der Waals surface area contributed by atoms with Gasteiger partial charge in [-0.15, -0.1) is 0 Å². The normalized spacial score (nSPS) is 12.0. The molecule has 0 spiro atoms. The number of hydrogen-bond donors (Lipinski definition) is 2. The fraction of sp³-hybridized carbons (Fsp3) is 0.133. The van der Waals surface area contributed by atoms with Gasteiger partial charge in [0.1, 0.15) is 11.0 Å². The quantitative estimate of drug-likeness (QED) is 0.700. The molecule has 0 aliphatic heterocycles.